The van der Waals surface area contributed by atoms with E-state index in [2.05, 4.69) is 20.2 Å². The summed E-state index contributed by atoms with van der Waals surface area (Å²) in [7, 11) is 0. The Bertz CT molecular complexity index is 1570. The molecule has 1 aromatic carbocycles. The van der Waals surface area contributed by atoms with E-state index in [1.165, 1.54) is 50.1 Å². The second-order valence-corrected chi connectivity index (χ2v) is 10.9. The summed E-state index contributed by atoms with van der Waals surface area (Å²) in [6.07, 6.45) is 0.175. The Hall–Kier alpha value is -3.80. The van der Waals surface area contributed by atoms with Crippen LogP contribution in [0.25, 0.3) is 22.2 Å². The topological polar surface area (TPSA) is 66.8 Å². The molecule has 1 saturated carbocycles. The van der Waals surface area contributed by atoms with Crippen molar-refractivity contribution < 1.29 is 26.3 Å². The van der Waals surface area contributed by atoms with Crippen molar-refractivity contribution in [3.05, 3.63) is 71.9 Å². The van der Waals surface area contributed by atoms with Gasteiger partial charge in [0.05, 0.1) is 35.2 Å². The van der Waals surface area contributed by atoms with Crippen molar-refractivity contribution in [3.8, 4) is 11.3 Å². The third-order valence-electron chi connectivity index (χ3n) is 8.15. The number of piperidine rings is 1. The summed E-state index contributed by atoms with van der Waals surface area (Å²) in [5.41, 5.74) is -1.16. The van der Waals surface area contributed by atoms with E-state index in [4.69, 9.17) is 9.97 Å². The molecule has 2 atom stereocenters. The summed E-state index contributed by atoms with van der Waals surface area (Å²) in [5, 5.41) is 3.56. The van der Waals surface area contributed by atoms with E-state index in [1.807, 2.05) is 0 Å². The highest BCUT2D eigenvalue weighted by Crippen LogP contribution is 2.38. The van der Waals surface area contributed by atoms with E-state index in [1.54, 1.807) is 12.1 Å². The lowest BCUT2D eigenvalue weighted by atomic mass is 9.78. The molecule has 0 amide bonds. The van der Waals surface area contributed by atoms with Gasteiger partial charge in [-0.25, -0.2) is 15.0 Å². The number of hydrogen-bond donors (Lipinski definition) is 1. The third-order valence-corrected chi connectivity index (χ3v) is 8.15. The number of nitrogens with zero attached hydrogens (tertiary/aromatic N) is 5. The number of pyridine rings is 2. The van der Waals surface area contributed by atoms with E-state index >= 15 is 0 Å². The average molecular weight is 587 g/mol. The van der Waals surface area contributed by atoms with Gasteiger partial charge in [-0.05, 0) is 74.5 Å². The van der Waals surface area contributed by atoms with Crippen molar-refractivity contribution in [2.75, 3.05) is 11.9 Å². The van der Waals surface area contributed by atoms with Crippen LogP contribution in [0.1, 0.15) is 55.6 Å². The van der Waals surface area contributed by atoms with E-state index in [9.17, 15) is 26.3 Å². The first kappa shape index (κ1) is 28.3. The maximum atomic E-state index is 13.8. The predicted molar refractivity (Wildman–Crippen MR) is 146 cm³/mol. The Labute approximate surface area is 238 Å². The highest BCUT2D eigenvalue weighted by atomic mass is 19.4. The molecule has 0 radical (unpaired) electrons. The third kappa shape index (κ3) is 5.90. The monoisotopic (exact) mass is 586 g/mol. The van der Waals surface area contributed by atoms with Gasteiger partial charge in [-0.2, -0.15) is 26.3 Å². The molecule has 2 aliphatic rings. The lowest BCUT2D eigenvalue weighted by Crippen LogP contribution is -2.46. The van der Waals surface area contributed by atoms with Crippen LogP contribution in [0.4, 0.5) is 37.8 Å². The number of nitrogens with one attached hydrogen (secondary N) is 1. The van der Waals surface area contributed by atoms with Crippen molar-refractivity contribution in [1.82, 2.24) is 24.8 Å². The molecule has 4 aromatic rings. The summed E-state index contributed by atoms with van der Waals surface area (Å²) in [5.74, 6) is 1.43. The molecule has 220 valence electrons. The molecule has 6 nitrogen and oxygen atoms in total. The summed E-state index contributed by atoms with van der Waals surface area (Å²) in [6, 6.07) is 9.45. The van der Waals surface area contributed by atoms with Gasteiger partial charge in [0, 0.05) is 23.2 Å². The quantitative estimate of drug-likeness (QED) is 0.239. The minimum absolute atomic E-state index is 0.213. The van der Waals surface area contributed by atoms with Crippen LogP contribution in [-0.2, 0) is 18.9 Å². The maximum absolute atomic E-state index is 13.8. The first-order valence-corrected chi connectivity index (χ1v) is 13.9. The highest BCUT2D eigenvalue weighted by Gasteiger charge is 2.35. The lowest BCUT2D eigenvalue weighted by molar-refractivity contribution is -0.141. The van der Waals surface area contributed by atoms with Gasteiger partial charge >= 0.3 is 12.4 Å². The number of benzene rings is 1. The Morgan fingerprint density at radius 1 is 0.857 bits per heavy atom. The first-order valence-electron chi connectivity index (χ1n) is 13.9. The minimum atomic E-state index is -4.59. The zero-order valence-electron chi connectivity index (χ0n) is 22.5. The van der Waals surface area contributed by atoms with E-state index in [0.717, 1.165) is 37.7 Å². The van der Waals surface area contributed by atoms with Crippen LogP contribution in [0.5, 0.6) is 0 Å². The van der Waals surface area contributed by atoms with Crippen LogP contribution < -0.4 is 5.32 Å². The SMILES string of the molecule is FC(F)(F)c1ccc(Nc2nc(CN3CCCC4CCCCC43)nc3cc(-c4ncccc4C(F)(F)F)ccc23)cn1. The lowest BCUT2D eigenvalue weighted by Gasteiger charge is -2.43. The van der Waals surface area contributed by atoms with Crippen LogP contribution in [0, 0.1) is 5.92 Å². The minimum Gasteiger partial charge on any atom is -0.338 e. The molecule has 1 saturated heterocycles. The van der Waals surface area contributed by atoms with Gasteiger partial charge in [0.25, 0.3) is 0 Å². The number of alkyl halides is 6. The second-order valence-electron chi connectivity index (χ2n) is 10.9. The van der Waals surface area contributed by atoms with E-state index < -0.39 is 23.6 Å². The van der Waals surface area contributed by atoms with Gasteiger partial charge in [0.1, 0.15) is 17.3 Å². The molecule has 6 rings (SSSR count). The summed E-state index contributed by atoms with van der Waals surface area (Å²) < 4.78 is 80.4. The summed E-state index contributed by atoms with van der Waals surface area (Å²) in [4.78, 5) is 19.4. The maximum Gasteiger partial charge on any atom is 0.433 e. The number of likely N-dealkylation sites (tertiary alicyclic amines) is 1. The summed E-state index contributed by atoms with van der Waals surface area (Å²) in [6.45, 7) is 1.36. The van der Waals surface area contributed by atoms with Crippen LogP contribution in [0.3, 0.4) is 0 Å². The number of halogens is 6. The molecule has 1 aliphatic heterocycles. The molecular weight excluding hydrogens is 558 g/mol. The first-order chi connectivity index (χ1) is 20.1. The van der Waals surface area contributed by atoms with Crippen molar-refractivity contribution in [2.24, 2.45) is 5.92 Å². The van der Waals surface area contributed by atoms with Gasteiger partial charge in [-0.1, -0.05) is 18.9 Å². The number of hydrogen-bond acceptors (Lipinski definition) is 6. The smallest absolute Gasteiger partial charge is 0.338 e. The molecule has 4 heterocycles. The molecular formula is C30H28F6N6. The van der Waals surface area contributed by atoms with Gasteiger partial charge in [0.2, 0.25) is 0 Å². The van der Waals surface area contributed by atoms with Gasteiger partial charge < -0.3 is 5.32 Å². The molecule has 1 N–H and O–H groups in total. The predicted octanol–water partition coefficient (Wildman–Crippen LogP) is 8.02. The van der Waals surface area contributed by atoms with Crippen LogP contribution in [0.15, 0.2) is 54.9 Å². The molecule has 3 aromatic heterocycles. The molecule has 2 fully saturated rings. The number of rotatable bonds is 5. The van der Waals surface area contributed by atoms with E-state index in [0.29, 0.717) is 41.0 Å². The highest BCUT2D eigenvalue weighted by molar-refractivity contribution is 5.93. The fourth-order valence-electron chi connectivity index (χ4n) is 6.23. The fourth-order valence-corrected chi connectivity index (χ4v) is 6.23. The second kappa shape index (κ2) is 11.1. The Balaban J connectivity index is 1.41. The van der Waals surface area contributed by atoms with Crippen molar-refractivity contribution >= 4 is 22.4 Å². The fraction of sp³-hybridized carbons (Fsp3) is 0.400. The van der Waals surface area contributed by atoms with Crippen LogP contribution in [-0.4, -0.2) is 37.4 Å². The molecule has 0 spiro atoms. The zero-order valence-corrected chi connectivity index (χ0v) is 22.5. The molecule has 2 unspecified atom stereocenters. The van der Waals surface area contributed by atoms with Crippen LogP contribution in [0.2, 0.25) is 0 Å². The normalized spacial score (nSPS) is 20.0. The number of fused-ring (bicyclic) bond motifs is 2. The van der Waals surface area contributed by atoms with E-state index in [-0.39, 0.29) is 16.9 Å². The van der Waals surface area contributed by atoms with Gasteiger partial charge in [-0.15, -0.1) is 0 Å². The Morgan fingerprint density at radius 3 is 2.43 bits per heavy atom. The van der Waals surface area contributed by atoms with Crippen molar-refractivity contribution in [1.29, 1.82) is 0 Å². The average Bonchev–Trinajstić information content (AvgIpc) is 2.96. The largest absolute Gasteiger partial charge is 0.433 e. The number of anilines is 2. The molecule has 0 bridgehead atoms. The molecule has 42 heavy (non-hydrogen) atoms. The molecule has 1 aliphatic carbocycles. The van der Waals surface area contributed by atoms with Crippen molar-refractivity contribution in [3.63, 3.8) is 0 Å². The zero-order chi connectivity index (χ0) is 29.5. The van der Waals surface area contributed by atoms with Crippen LogP contribution >= 0.6 is 0 Å². The number of aromatic nitrogens is 4. The molecule has 12 heteroatoms. The van der Waals surface area contributed by atoms with Crippen molar-refractivity contribution in [2.45, 2.75) is 63.5 Å². The Morgan fingerprint density at radius 2 is 1.67 bits per heavy atom. The standard InChI is InChI=1S/C30H28F6N6/c31-29(32,33)22-7-3-13-37-27(22)19-9-11-21-23(15-19)40-26(17-42-14-4-6-18-5-1-2-8-24(18)42)41-28(21)39-20-10-12-25(38-16-20)30(34,35)36/h3,7,9-13,15-16,18,24H,1-2,4-6,8,14,17H2,(H,39,40,41). The van der Waals surface area contributed by atoms with Gasteiger partial charge in [0.15, 0.2) is 0 Å². The summed E-state index contributed by atoms with van der Waals surface area (Å²) >= 11 is 0. The Kier molecular flexibility index (Phi) is 7.50. The van der Waals surface area contributed by atoms with Gasteiger partial charge in [-0.3, -0.25) is 9.88 Å².